The average Bonchev–Trinajstić information content (AvgIpc) is 2.29. The first-order valence-corrected chi connectivity index (χ1v) is 6.73. The summed E-state index contributed by atoms with van der Waals surface area (Å²) in [4.78, 5) is 23.3. The highest BCUT2D eigenvalue weighted by Gasteiger charge is 2.13. The Hall–Kier alpha value is -2.04. The third-order valence-corrected chi connectivity index (χ3v) is 2.29. The lowest BCUT2D eigenvalue weighted by Gasteiger charge is -2.15. The molecule has 0 aliphatic carbocycles. The average molecular weight is 278 g/mol. The first kappa shape index (κ1) is 16.0. The molecule has 0 unspecified atom stereocenters. The number of rotatable bonds is 6. The van der Waals surface area contributed by atoms with Crippen LogP contribution in [0.4, 0.5) is 5.69 Å². The summed E-state index contributed by atoms with van der Waals surface area (Å²) >= 11 is 0. The molecule has 110 valence electrons. The second-order valence-corrected chi connectivity index (χ2v) is 5.11. The van der Waals surface area contributed by atoms with Crippen LogP contribution in [0.2, 0.25) is 0 Å². The third-order valence-electron chi connectivity index (χ3n) is 2.29. The number of para-hydroxylation sites is 2. The van der Waals surface area contributed by atoms with Crippen molar-refractivity contribution in [1.82, 2.24) is 5.32 Å². The van der Waals surface area contributed by atoms with Gasteiger partial charge in [0.05, 0.1) is 11.8 Å². The van der Waals surface area contributed by atoms with Crippen LogP contribution in [0, 0.1) is 0 Å². The molecule has 5 heteroatoms. The molecule has 0 aliphatic heterocycles. The number of benzene rings is 1. The molecule has 0 radical (unpaired) electrons. The van der Waals surface area contributed by atoms with E-state index in [1.807, 2.05) is 33.8 Å². The van der Waals surface area contributed by atoms with Gasteiger partial charge in [-0.3, -0.25) is 9.59 Å². The molecule has 20 heavy (non-hydrogen) atoms. The summed E-state index contributed by atoms with van der Waals surface area (Å²) in [5, 5.41) is 5.37. The monoisotopic (exact) mass is 278 g/mol. The highest BCUT2D eigenvalue weighted by Crippen LogP contribution is 2.24. The van der Waals surface area contributed by atoms with Gasteiger partial charge in [-0.2, -0.15) is 0 Å². The first-order valence-electron chi connectivity index (χ1n) is 6.73. The Morgan fingerprint density at radius 3 is 2.35 bits per heavy atom. The van der Waals surface area contributed by atoms with Crippen molar-refractivity contribution >= 4 is 17.5 Å². The molecule has 0 heterocycles. The minimum atomic E-state index is -0.358. The van der Waals surface area contributed by atoms with E-state index in [0.717, 1.165) is 0 Å². The summed E-state index contributed by atoms with van der Waals surface area (Å²) in [5.41, 5.74) is 0.573. The van der Waals surface area contributed by atoms with Crippen molar-refractivity contribution in [3.05, 3.63) is 24.3 Å². The van der Waals surface area contributed by atoms with Crippen molar-refractivity contribution in [2.75, 3.05) is 5.32 Å². The number of hydrogen-bond donors (Lipinski definition) is 2. The number of ether oxygens (including phenoxy) is 1. The fraction of sp³-hybridized carbons (Fsp3) is 0.467. The largest absolute Gasteiger partial charge is 0.489 e. The number of carbonyl (C=O) groups is 2. The Balaban J connectivity index is 2.64. The van der Waals surface area contributed by atoms with Crippen LogP contribution in [0.5, 0.6) is 5.75 Å². The zero-order valence-corrected chi connectivity index (χ0v) is 12.4. The highest BCUT2D eigenvalue weighted by molar-refractivity contribution is 6.04. The molecule has 0 saturated heterocycles. The van der Waals surface area contributed by atoms with Gasteiger partial charge in [0.2, 0.25) is 11.8 Å². The molecular formula is C15H22N2O3. The van der Waals surface area contributed by atoms with Crippen molar-refractivity contribution in [2.45, 2.75) is 46.3 Å². The zero-order chi connectivity index (χ0) is 15.1. The van der Waals surface area contributed by atoms with Crippen molar-refractivity contribution in [3.63, 3.8) is 0 Å². The SMILES string of the molecule is CC(C)NC(=O)CC(=O)Nc1ccccc1OC(C)C. The Morgan fingerprint density at radius 2 is 1.75 bits per heavy atom. The van der Waals surface area contributed by atoms with Crippen molar-refractivity contribution in [3.8, 4) is 5.75 Å². The van der Waals surface area contributed by atoms with E-state index in [9.17, 15) is 9.59 Å². The number of carbonyl (C=O) groups excluding carboxylic acids is 2. The Bertz CT molecular complexity index is 470. The van der Waals surface area contributed by atoms with Gasteiger partial charge in [0.15, 0.2) is 0 Å². The predicted octanol–water partition coefficient (Wildman–Crippen LogP) is 2.33. The van der Waals surface area contributed by atoms with E-state index in [1.165, 1.54) is 0 Å². The Kier molecular flexibility index (Phi) is 6.03. The van der Waals surface area contributed by atoms with Gasteiger partial charge >= 0.3 is 0 Å². The van der Waals surface area contributed by atoms with Crippen LogP contribution in [0.3, 0.4) is 0 Å². The molecule has 0 fully saturated rings. The predicted molar refractivity (Wildman–Crippen MR) is 78.7 cm³/mol. The van der Waals surface area contributed by atoms with E-state index in [0.29, 0.717) is 11.4 Å². The summed E-state index contributed by atoms with van der Waals surface area (Å²) in [7, 11) is 0. The maximum atomic E-state index is 11.8. The quantitative estimate of drug-likeness (QED) is 0.785. The van der Waals surface area contributed by atoms with E-state index < -0.39 is 0 Å². The molecule has 0 atom stereocenters. The minimum absolute atomic E-state index is 0.0114. The number of anilines is 1. The molecule has 0 saturated carbocycles. The lowest BCUT2D eigenvalue weighted by molar-refractivity contribution is -0.127. The molecule has 0 aromatic heterocycles. The summed E-state index contributed by atoms with van der Waals surface area (Å²) in [6.07, 6.45) is -0.189. The lowest BCUT2D eigenvalue weighted by atomic mass is 10.2. The summed E-state index contributed by atoms with van der Waals surface area (Å²) in [6.45, 7) is 7.52. The maximum absolute atomic E-state index is 11.8. The van der Waals surface area contributed by atoms with Gasteiger partial charge in [0, 0.05) is 6.04 Å². The smallest absolute Gasteiger partial charge is 0.233 e. The van der Waals surface area contributed by atoms with Crippen LogP contribution >= 0.6 is 0 Å². The molecule has 2 N–H and O–H groups in total. The Labute approximate surface area is 119 Å². The first-order chi connectivity index (χ1) is 9.38. The number of nitrogens with one attached hydrogen (secondary N) is 2. The van der Waals surface area contributed by atoms with Crippen LogP contribution < -0.4 is 15.4 Å². The van der Waals surface area contributed by atoms with E-state index in [1.54, 1.807) is 18.2 Å². The number of amides is 2. The highest BCUT2D eigenvalue weighted by atomic mass is 16.5. The summed E-state index contributed by atoms with van der Waals surface area (Å²) < 4.78 is 5.60. The van der Waals surface area contributed by atoms with Crippen molar-refractivity contribution < 1.29 is 14.3 Å². The van der Waals surface area contributed by atoms with Crippen molar-refractivity contribution in [1.29, 1.82) is 0 Å². The van der Waals surface area contributed by atoms with Crippen LogP contribution in [0.25, 0.3) is 0 Å². The van der Waals surface area contributed by atoms with Crippen LogP contribution in [-0.2, 0) is 9.59 Å². The fourth-order valence-electron chi connectivity index (χ4n) is 1.64. The van der Waals surface area contributed by atoms with Crippen LogP contribution in [0.1, 0.15) is 34.1 Å². The fourth-order valence-corrected chi connectivity index (χ4v) is 1.64. The van der Waals surface area contributed by atoms with Gasteiger partial charge in [-0.1, -0.05) is 12.1 Å². The van der Waals surface area contributed by atoms with Gasteiger partial charge in [-0.15, -0.1) is 0 Å². The molecule has 0 bridgehead atoms. The molecule has 2 amide bonds. The van der Waals surface area contributed by atoms with E-state index >= 15 is 0 Å². The molecule has 0 aliphatic rings. The molecule has 1 rings (SSSR count). The molecule has 1 aromatic rings. The maximum Gasteiger partial charge on any atom is 0.233 e. The molecular weight excluding hydrogens is 256 g/mol. The van der Waals surface area contributed by atoms with Gasteiger partial charge < -0.3 is 15.4 Å². The zero-order valence-electron chi connectivity index (χ0n) is 12.4. The van der Waals surface area contributed by atoms with E-state index in [2.05, 4.69) is 10.6 Å². The number of hydrogen-bond acceptors (Lipinski definition) is 3. The van der Waals surface area contributed by atoms with Gasteiger partial charge in [0.1, 0.15) is 12.2 Å². The second kappa shape index (κ2) is 7.53. The van der Waals surface area contributed by atoms with Crippen molar-refractivity contribution in [2.24, 2.45) is 0 Å². The van der Waals surface area contributed by atoms with Crippen LogP contribution in [-0.4, -0.2) is 24.0 Å². The lowest BCUT2D eigenvalue weighted by Crippen LogP contribution is -2.33. The van der Waals surface area contributed by atoms with Gasteiger partial charge in [-0.25, -0.2) is 0 Å². The minimum Gasteiger partial charge on any atom is -0.489 e. The molecule has 0 spiro atoms. The summed E-state index contributed by atoms with van der Waals surface area (Å²) in [6, 6.07) is 7.18. The van der Waals surface area contributed by atoms with Gasteiger partial charge in [-0.05, 0) is 39.8 Å². The van der Waals surface area contributed by atoms with Crippen LogP contribution in [0.15, 0.2) is 24.3 Å². The van der Waals surface area contributed by atoms with Gasteiger partial charge in [0.25, 0.3) is 0 Å². The normalized spacial score (nSPS) is 10.5. The van der Waals surface area contributed by atoms with E-state index in [4.69, 9.17) is 4.74 Å². The Morgan fingerprint density at radius 1 is 1.10 bits per heavy atom. The standard InChI is InChI=1S/C15H22N2O3/c1-10(2)16-14(18)9-15(19)17-12-7-5-6-8-13(12)20-11(3)4/h5-8,10-11H,9H2,1-4H3,(H,16,18)(H,17,19). The summed E-state index contributed by atoms with van der Waals surface area (Å²) in [5.74, 6) is -0.0529. The third kappa shape index (κ3) is 5.73. The molecule has 1 aromatic carbocycles. The topological polar surface area (TPSA) is 67.4 Å². The van der Waals surface area contributed by atoms with E-state index in [-0.39, 0.29) is 30.4 Å². The molecule has 5 nitrogen and oxygen atoms in total. The second-order valence-electron chi connectivity index (χ2n) is 5.11.